The fourth-order valence-electron chi connectivity index (χ4n) is 1.72. The van der Waals surface area contributed by atoms with E-state index in [4.69, 9.17) is 0 Å². The third-order valence-corrected chi connectivity index (χ3v) is 4.16. The third kappa shape index (κ3) is 2.85. The maximum atomic E-state index is 12.2. The number of nitrogens with one attached hydrogen (secondary N) is 1. The monoisotopic (exact) mass is 280 g/mol. The molecular weight excluding hydrogens is 264 g/mol. The van der Waals surface area contributed by atoms with Gasteiger partial charge in [-0.3, -0.25) is 4.98 Å². The molecule has 0 amide bonds. The summed E-state index contributed by atoms with van der Waals surface area (Å²) in [5.74, 6) is 0.190. The molecule has 6 heteroatoms. The summed E-state index contributed by atoms with van der Waals surface area (Å²) in [6.07, 6.45) is 1.51. The standard InChI is InChI=1S/C13H16N2O3S/c1-9(2)8-15-19(17,18)12-6-5-11(16)13-10(12)4-3-7-14-13/h3-7,9,15-16H,8H2,1-2H3. The fourth-order valence-corrected chi connectivity index (χ4v) is 3.13. The normalized spacial score (nSPS) is 12.2. The van der Waals surface area contributed by atoms with E-state index < -0.39 is 10.0 Å². The SMILES string of the molecule is CC(C)CNS(=O)(=O)c1ccc(O)c2ncccc12. The first kappa shape index (κ1) is 13.8. The zero-order valence-corrected chi connectivity index (χ0v) is 11.6. The molecular formula is C13H16N2O3S. The number of pyridine rings is 1. The number of aromatic hydroxyl groups is 1. The van der Waals surface area contributed by atoms with Gasteiger partial charge in [-0.2, -0.15) is 0 Å². The number of hydrogen-bond acceptors (Lipinski definition) is 4. The van der Waals surface area contributed by atoms with Crippen LogP contribution in [0.4, 0.5) is 0 Å². The Labute approximate surface area is 112 Å². The second kappa shape index (κ2) is 5.14. The summed E-state index contributed by atoms with van der Waals surface area (Å²) in [6.45, 7) is 4.23. The maximum Gasteiger partial charge on any atom is 0.241 e. The minimum atomic E-state index is -3.60. The molecule has 0 atom stereocenters. The molecule has 19 heavy (non-hydrogen) atoms. The van der Waals surface area contributed by atoms with Gasteiger partial charge in [-0.1, -0.05) is 13.8 Å². The Morgan fingerprint density at radius 3 is 2.74 bits per heavy atom. The lowest BCUT2D eigenvalue weighted by molar-refractivity contribution is 0.480. The van der Waals surface area contributed by atoms with Crippen molar-refractivity contribution in [3.05, 3.63) is 30.5 Å². The topological polar surface area (TPSA) is 79.3 Å². The molecule has 0 aliphatic carbocycles. The highest BCUT2D eigenvalue weighted by atomic mass is 32.2. The number of sulfonamides is 1. The van der Waals surface area contributed by atoms with Gasteiger partial charge in [0.05, 0.1) is 4.90 Å². The molecule has 2 rings (SSSR count). The first-order valence-electron chi connectivity index (χ1n) is 5.98. The zero-order chi connectivity index (χ0) is 14.0. The number of fused-ring (bicyclic) bond motifs is 1. The average molecular weight is 280 g/mol. The molecule has 2 N–H and O–H groups in total. The van der Waals surface area contributed by atoms with Crippen LogP contribution in [0.2, 0.25) is 0 Å². The molecule has 0 aliphatic rings. The number of phenols is 1. The second-order valence-electron chi connectivity index (χ2n) is 4.73. The summed E-state index contributed by atoms with van der Waals surface area (Å²) in [5, 5.41) is 10.1. The molecule has 2 aromatic rings. The summed E-state index contributed by atoms with van der Waals surface area (Å²) in [6, 6.07) is 6.01. The smallest absolute Gasteiger partial charge is 0.241 e. The molecule has 0 bridgehead atoms. The minimum Gasteiger partial charge on any atom is -0.506 e. The highest BCUT2D eigenvalue weighted by Crippen LogP contribution is 2.28. The van der Waals surface area contributed by atoms with Gasteiger partial charge in [0.15, 0.2) is 0 Å². The van der Waals surface area contributed by atoms with Gasteiger partial charge >= 0.3 is 0 Å². The molecule has 0 spiro atoms. The Kier molecular flexibility index (Phi) is 3.73. The van der Waals surface area contributed by atoms with E-state index in [1.807, 2.05) is 13.8 Å². The maximum absolute atomic E-state index is 12.2. The molecule has 102 valence electrons. The van der Waals surface area contributed by atoms with Gasteiger partial charge in [-0.25, -0.2) is 13.1 Å². The van der Waals surface area contributed by atoms with E-state index in [0.29, 0.717) is 11.9 Å². The van der Waals surface area contributed by atoms with Crippen LogP contribution in [0.3, 0.4) is 0 Å². The largest absolute Gasteiger partial charge is 0.506 e. The Morgan fingerprint density at radius 2 is 2.05 bits per heavy atom. The van der Waals surface area contributed by atoms with E-state index in [2.05, 4.69) is 9.71 Å². The lowest BCUT2D eigenvalue weighted by Gasteiger charge is -2.11. The molecule has 0 fully saturated rings. The van der Waals surface area contributed by atoms with Gasteiger partial charge in [-0.05, 0) is 30.2 Å². The van der Waals surface area contributed by atoms with Crippen molar-refractivity contribution < 1.29 is 13.5 Å². The lowest BCUT2D eigenvalue weighted by Crippen LogP contribution is -2.27. The Hall–Kier alpha value is -1.66. The van der Waals surface area contributed by atoms with Crippen LogP contribution in [0.25, 0.3) is 10.9 Å². The lowest BCUT2D eigenvalue weighted by atomic mass is 10.2. The summed E-state index contributed by atoms with van der Waals surface area (Å²) >= 11 is 0. The van der Waals surface area contributed by atoms with E-state index in [-0.39, 0.29) is 22.1 Å². The second-order valence-corrected chi connectivity index (χ2v) is 6.46. The predicted octanol–water partition coefficient (Wildman–Crippen LogP) is 1.87. The molecule has 0 saturated carbocycles. The van der Waals surface area contributed by atoms with Crippen LogP contribution in [0.5, 0.6) is 5.75 Å². The summed E-state index contributed by atoms with van der Waals surface area (Å²) in [4.78, 5) is 4.14. The van der Waals surface area contributed by atoms with E-state index in [9.17, 15) is 13.5 Å². The number of rotatable bonds is 4. The molecule has 1 heterocycles. The molecule has 0 saturated heterocycles. The molecule has 0 radical (unpaired) electrons. The molecule has 5 nitrogen and oxygen atoms in total. The van der Waals surface area contributed by atoms with Crippen molar-refractivity contribution in [3.8, 4) is 5.75 Å². The van der Waals surface area contributed by atoms with Crippen molar-refractivity contribution in [1.82, 2.24) is 9.71 Å². The highest BCUT2D eigenvalue weighted by molar-refractivity contribution is 7.89. The van der Waals surface area contributed by atoms with Crippen molar-refractivity contribution in [2.75, 3.05) is 6.54 Å². The van der Waals surface area contributed by atoms with E-state index >= 15 is 0 Å². The van der Waals surface area contributed by atoms with Crippen LogP contribution in [0.1, 0.15) is 13.8 Å². The number of phenolic OH excluding ortho intramolecular Hbond substituents is 1. The predicted molar refractivity (Wildman–Crippen MR) is 73.4 cm³/mol. The van der Waals surface area contributed by atoms with Crippen molar-refractivity contribution in [2.45, 2.75) is 18.7 Å². The van der Waals surface area contributed by atoms with Crippen molar-refractivity contribution in [1.29, 1.82) is 0 Å². The Balaban J connectivity index is 2.54. The summed E-state index contributed by atoms with van der Waals surface area (Å²) in [7, 11) is -3.60. The van der Waals surface area contributed by atoms with Gasteiger partial charge in [0.25, 0.3) is 0 Å². The van der Waals surface area contributed by atoms with Gasteiger partial charge < -0.3 is 5.11 Å². The number of nitrogens with zero attached hydrogens (tertiary/aromatic N) is 1. The van der Waals surface area contributed by atoms with Crippen LogP contribution in [-0.4, -0.2) is 25.1 Å². The van der Waals surface area contributed by atoms with Crippen LogP contribution in [0, 0.1) is 5.92 Å². The van der Waals surface area contributed by atoms with Crippen molar-refractivity contribution in [3.63, 3.8) is 0 Å². The van der Waals surface area contributed by atoms with Crippen LogP contribution < -0.4 is 4.72 Å². The van der Waals surface area contributed by atoms with Crippen LogP contribution in [-0.2, 0) is 10.0 Å². The minimum absolute atomic E-state index is 0.0293. The van der Waals surface area contributed by atoms with Crippen LogP contribution >= 0.6 is 0 Å². The first-order valence-corrected chi connectivity index (χ1v) is 7.46. The number of hydrogen-bond donors (Lipinski definition) is 2. The molecule has 1 aromatic heterocycles. The number of benzene rings is 1. The van der Waals surface area contributed by atoms with Gasteiger partial charge in [0.1, 0.15) is 11.3 Å². The van der Waals surface area contributed by atoms with Gasteiger partial charge in [0.2, 0.25) is 10.0 Å². The van der Waals surface area contributed by atoms with Gasteiger partial charge in [-0.15, -0.1) is 0 Å². The van der Waals surface area contributed by atoms with Crippen LogP contribution in [0.15, 0.2) is 35.4 Å². The zero-order valence-electron chi connectivity index (χ0n) is 10.8. The van der Waals surface area contributed by atoms with Crippen molar-refractivity contribution in [2.24, 2.45) is 5.92 Å². The fraction of sp³-hybridized carbons (Fsp3) is 0.308. The highest BCUT2D eigenvalue weighted by Gasteiger charge is 2.19. The number of aromatic nitrogens is 1. The first-order chi connectivity index (χ1) is 8.92. The Bertz CT molecular complexity index is 696. The average Bonchev–Trinajstić information content (AvgIpc) is 2.37. The summed E-state index contributed by atoms with van der Waals surface area (Å²) < 4.78 is 27.0. The molecule has 1 aromatic carbocycles. The van der Waals surface area contributed by atoms with E-state index in [1.165, 1.54) is 18.3 Å². The summed E-state index contributed by atoms with van der Waals surface area (Å²) in [5.41, 5.74) is 0.287. The van der Waals surface area contributed by atoms with E-state index in [1.54, 1.807) is 12.1 Å². The van der Waals surface area contributed by atoms with Gasteiger partial charge in [0, 0.05) is 18.1 Å². The van der Waals surface area contributed by atoms with Crippen molar-refractivity contribution >= 4 is 20.9 Å². The van der Waals surface area contributed by atoms with E-state index in [0.717, 1.165) is 0 Å². The Morgan fingerprint density at radius 1 is 1.32 bits per heavy atom. The quantitative estimate of drug-likeness (QED) is 0.896. The molecule has 0 unspecified atom stereocenters. The third-order valence-electron chi connectivity index (χ3n) is 2.68. The molecule has 0 aliphatic heterocycles.